The molecule has 0 aromatic rings. The number of nitrogens with one attached hydrogen (secondary N) is 2. The minimum absolute atomic E-state index is 0.236. The van der Waals surface area contributed by atoms with Gasteiger partial charge in [-0.2, -0.15) is 0 Å². The molecule has 1 amide bonds. The Hall–Kier alpha value is -0.570. The minimum atomic E-state index is 0.236. The molecule has 1 saturated carbocycles. The first kappa shape index (κ1) is 11.9. The summed E-state index contributed by atoms with van der Waals surface area (Å²) in [4.78, 5) is 12.0. The van der Waals surface area contributed by atoms with Gasteiger partial charge in [0, 0.05) is 18.5 Å². The third-order valence-electron chi connectivity index (χ3n) is 4.24. The molecular formula is C13H24N2O. The molecule has 2 unspecified atom stereocenters. The molecule has 2 N–H and O–H groups in total. The molecular weight excluding hydrogens is 200 g/mol. The second-order valence-electron chi connectivity index (χ2n) is 5.96. The van der Waals surface area contributed by atoms with Crippen LogP contribution in [0, 0.1) is 11.3 Å². The average Bonchev–Trinajstić information content (AvgIpc) is 2.23. The third kappa shape index (κ3) is 2.76. The third-order valence-corrected chi connectivity index (χ3v) is 4.24. The van der Waals surface area contributed by atoms with E-state index in [4.69, 9.17) is 0 Å². The molecule has 0 aromatic heterocycles. The van der Waals surface area contributed by atoms with Crippen LogP contribution in [0.4, 0.5) is 0 Å². The molecule has 2 aliphatic rings. The zero-order chi connectivity index (χ0) is 11.6. The molecule has 3 nitrogen and oxygen atoms in total. The molecule has 16 heavy (non-hydrogen) atoms. The molecule has 3 heteroatoms. The van der Waals surface area contributed by atoms with Crippen molar-refractivity contribution in [2.45, 2.75) is 52.0 Å². The molecule has 2 rings (SSSR count). The van der Waals surface area contributed by atoms with Gasteiger partial charge in [-0.05, 0) is 44.6 Å². The van der Waals surface area contributed by atoms with Crippen molar-refractivity contribution in [2.75, 3.05) is 13.1 Å². The Morgan fingerprint density at radius 2 is 2.25 bits per heavy atom. The van der Waals surface area contributed by atoms with E-state index in [2.05, 4.69) is 24.5 Å². The highest BCUT2D eigenvalue weighted by molar-refractivity contribution is 5.78. The zero-order valence-electron chi connectivity index (χ0n) is 10.5. The van der Waals surface area contributed by atoms with Gasteiger partial charge in [-0.15, -0.1) is 0 Å². The van der Waals surface area contributed by atoms with Crippen molar-refractivity contribution in [3.05, 3.63) is 0 Å². The highest BCUT2D eigenvalue weighted by Gasteiger charge is 2.33. The van der Waals surface area contributed by atoms with Gasteiger partial charge in [0.25, 0.3) is 0 Å². The molecule has 92 valence electrons. The predicted molar refractivity (Wildman–Crippen MR) is 65.2 cm³/mol. The molecule has 2 fully saturated rings. The second-order valence-corrected chi connectivity index (χ2v) is 5.96. The van der Waals surface area contributed by atoms with Crippen molar-refractivity contribution < 1.29 is 4.79 Å². The average molecular weight is 224 g/mol. The quantitative estimate of drug-likeness (QED) is 0.766. The minimum Gasteiger partial charge on any atom is -0.355 e. The normalized spacial score (nSPS) is 32.9. The molecule has 1 aliphatic carbocycles. The van der Waals surface area contributed by atoms with Crippen LogP contribution in [0.2, 0.25) is 0 Å². The molecule has 0 spiro atoms. The maximum Gasteiger partial charge on any atom is 0.223 e. The van der Waals surface area contributed by atoms with Gasteiger partial charge in [0.2, 0.25) is 5.91 Å². The number of carbonyl (C=O) groups is 1. The van der Waals surface area contributed by atoms with Gasteiger partial charge in [-0.25, -0.2) is 0 Å². The molecule has 1 heterocycles. The summed E-state index contributed by atoms with van der Waals surface area (Å²) in [6.45, 7) is 6.30. The maximum absolute atomic E-state index is 12.0. The van der Waals surface area contributed by atoms with Crippen LogP contribution in [0.5, 0.6) is 0 Å². The second kappa shape index (κ2) is 4.74. The number of rotatable bonds is 3. The summed E-state index contributed by atoms with van der Waals surface area (Å²) >= 11 is 0. The van der Waals surface area contributed by atoms with Crippen molar-refractivity contribution in [1.82, 2.24) is 10.6 Å². The fourth-order valence-corrected chi connectivity index (χ4v) is 2.77. The van der Waals surface area contributed by atoms with Crippen molar-refractivity contribution in [3.63, 3.8) is 0 Å². The standard InChI is InChI=1S/C13H24N2O/c1-10-8-11(4-7-14-10)12(16)15-9-13(2)5-3-6-13/h10-11,14H,3-9H2,1-2H3,(H,15,16). The number of hydrogen-bond acceptors (Lipinski definition) is 2. The summed E-state index contributed by atoms with van der Waals surface area (Å²) in [6.07, 6.45) is 5.86. The molecule has 0 radical (unpaired) electrons. The van der Waals surface area contributed by atoms with Crippen LogP contribution in [0.1, 0.15) is 46.0 Å². The number of hydrogen-bond donors (Lipinski definition) is 2. The highest BCUT2D eigenvalue weighted by atomic mass is 16.1. The van der Waals surface area contributed by atoms with Gasteiger partial charge in [0.1, 0.15) is 0 Å². The zero-order valence-corrected chi connectivity index (χ0v) is 10.5. The fourth-order valence-electron chi connectivity index (χ4n) is 2.77. The lowest BCUT2D eigenvalue weighted by Gasteiger charge is -2.39. The Bertz CT molecular complexity index is 261. The van der Waals surface area contributed by atoms with Crippen LogP contribution in [-0.2, 0) is 4.79 Å². The van der Waals surface area contributed by atoms with Crippen molar-refractivity contribution >= 4 is 5.91 Å². The topological polar surface area (TPSA) is 41.1 Å². The summed E-state index contributed by atoms with van der Waals surface area (Å²) in [5.74, 6) is 0.515. The van der Waals surface area contributed by atoms with E-state index in [0.717, 1.165) is 25.9 Å². The monoisotopic (exact) mass is 224 g/mol. The van der Waals surface area contributed by atoms with Crippen molar-refractivity contribution in [3.8, 4) is 0 Å². The number of amides is 1. The fraction of sp³-hybridized carbons (Fsp3) is 0.923. The highest BCUT2D eigenvalue weighted by Crippen LogP contribution is 2.39. The largest absolute Gasteiger partial charge is 0.355 e. The van der Waals surface area contributed by atoms with Gasteiger partial charge >= 0.3 is 0 Å². The summed E-state index contributed by atoms with van der Waals surface area (Å²) in [7, 11) is 0. The van der Waals surface area contributed by atoms with Crippen LogP contribution in [0.15, 0.2) is 0 Å². The van der Waals surface area contributed by atoms with E-state index in [1.54, 1.807) is 0 Å². The summed E-state index contributed by atoms with van der Waals surface area (Å²) in [5.41, 5.74) is 0.397. The van der Waals surface area contributed by atoms with E-state index >= 15 is 0 Å². The van der Waals surface area contributed by atoms with Gasteiger partial charge in [0.15, 0.2) is 0 Å². The first-order valence-corrected chi connectivity index (χ1v) is 6.60. The van der Waals surface area contributed by atoms with Crippen LogP contribution in [0.25, 0.3) is 0 Å². The lowest BCUT2D eigenvalue weighted by atomic mass is 9.70. The van der Waals surface area contributed by atoms with Crippen molar-refractivity contribution in [2.24, 2.45) is 11.3 Å². The van der Waals surface area contributed by atoms with Crippen molar-refractivity contribution in [1.29, 1.82) is 0 Å². The Balaban J connectivity index is 1.74. The molecule has 1 saturated heterocycles. The van der Waals surface area contributed by atoms with Crippen LogP contribution in [0.3, 0.4) is 0 Å². The Kier molecular flexibility index (Phi) is 3.53. The lowest BCUT2D eigenvalue weighted by Crippen LogP contribution is -2.46. The van der Waals surface area contributed by atoms with Gasteiger partial charge in [-0.1, -0.05) is 13.3 Å². The first-order valence-electron chi connectivity index (χ1n) is 6.60. The maximum atomic E-state index is 12.0. The van der Waals surface area contributed by atoms with E-state index in [9.17, 15) is 4.79 Å². The number of carbonyl (C=O) groups excluding carboxylic acids is 1. The van der Waals surface area contributed by atoms with Crippen LogP contribution >= 0.6 is 0 Å². The van der Waals surface area contributed by atoms with Crippen LogP contribution < -0.4 is 10.6 Å². The van der Waals surface area contributed by atoms with E-state index in [1.807, 2.05) is 0 Å². The van der Waals surface area contributed by atoms with Gasteiger partial charge in [0.05, 0.1) is 0 Å². The number of piperidine rings is 1. The van der Waals surface area contributed by atoms with Crippen LogP contribution in [-0.4, -0.2) is 25.0 Å². The van der Waals surface area contributed by atoms with E-state index < -0.39 is 0 Å². The first-order chi connectivity index (χ1) is 7.59. The van der Waals surface area contributed by atoms with Gasteiger partial charge in [-0.3, -0.25) is 4.79 Å². The summed E-state index contributed by atoms with van der Waals surface area (Å²) < 4.78 is 0. The van der Waals surface area contributed by atoms with E-state index in [0.29, 0.717) is 11.5 Å². The molecule has 0 bridgehead atoms. The van der Waals surface area contributed by atoms with E-state index in [-0.39, 0.29) is 11.8 Å². The summed E-state index contributed by atoms with van der Waals surface area (Å²) in [5, 5.41) is 6.53. The molecule has 1 aliphatic heterocycles. The van der Waals surface area contributed by atoms with Gasteiger partial charge < -0.3 is 10.6 Å². The Labute approximate surface area is 98.4 Å². The SMILES string of the molecule is CC1CC(C(=O)NCC2(C)CCC2)CCN1. The Morgan fingerprint density at radius 1 is 1.50 bits per heavy atom. The lowest BCUT2D eigenvalue weighted by molar-refractivity contribution is -0.126. The summed E-state index contributed by atoms with van der Waals surface area (Å²) in [6, 6.07) is 0.490. The predicted octanol–water partition coefficient (Wildman–Crippen LogP) is 1.68. The molecule has 2 atom stereocenters. The Morgan fingerprint density at radius 3 is 2.81 bits per heavy atom. The smallest absolute Gasteiger partial charge is 0.223 e. The van der Waals surface area contributed by atoms with E-state index in [1.165, 1.54) is 19.3 Å². The molecule has 0 aromatic carbocycles.